The molecule has 0 aliphatic heterocycles. The number of hydrogen-bond donors (Lipinski definition) is 2. The van der Waals surface area contributed by atoms with Crippen LogP contribution in [-0.4, -0.2) is 39.3 Å². The number of aryl methyl sites for hydroxylation is 2. The summed E-state index contributed by atoms with van der Waals surface area (Å²) in [6, 6.07) is 28.7. The van der Waals surface area contributed by atoms with Crippen LogP contribution in [0.25, 0.3) is 0 Å². The quantitative estimate of drug-likeness (QED) is 0.167. The maximum Gasteiger partial charge on any atom is 0.271 e. The molecule has 0 radical (unpaired) electrons. The molecule has 0 saturated carbocycles. The lowest BCUT2D eigenvalue weighted by Crippen LogP contribution is -2.31. The molecule has 4 aromatic carbocycles. The second kappa shape index (κ2) is 14.5. The molecule has 10 heteroatoms. The first kappa shape index (κ1) is 32.0. The fourth-order valence-corrected chi connectivity index (χ4v) is 5.23. The van der Waals surface area contributed by atoms with Crippen molar-refractivity contribution in [1.29, 1.82) is 0 Å². The van der Waals surface area contributed by atoms with Gasteiger partial charge in [0.1, 0.15) is 5.75 Å². The Morgan fingerprint density at radius 3 is 2.23 bits per heavy atom. The zero-order chi connectivity index (χ0) is 31.7. The largest absolute Gasteiger partial charge is 0.484 e. The molecule has 0 spiro atoms. The van der Waals surface area contributed by atoms with E-state index in [-0.39, 0.29) is 25.1 Å². The Morgan fingerprint density at radius 1 is 0.909 bits per heavy atom. The molecular weight excluding hydrogens is 576 g/mol. The molecule has 0 bridgehead atoms. The lowest BCUT2D eigenvalue weighted by atomic mass is 10.1. The Hall–Kier alpha value is -4.96. The molecule has 1 atom stereocenters. The van der Waals surface area contributed by atoms with Crippen LogP contribution in [-0.2, 0) is 21.4 Å². The number of hydrazone groups is 1. The molecule has 2 amide bonds. The van der Waals surface area contributed by atoms with Crippen molar-refractivity contribution in [1.82, 2.24) is 10.7 Å². The van der Waals surface area contributed by atoms with Gasteiger partial charge in [0, 0.05) is 5.56 Å². The van der Waals surface area contributed by atoms with Gasteiger partial charge in [0.05, 0.1) is 30.7 Å². The average Bonchev–Trinajstić information content (AvgIpc) is 3.01. The van der Waals surface area contributed by atoms with Crippen molar-refractivity contribution in [3.63, 3.8) is 0 Å². The molecule has 0 fully saturated rings. The second-order valence-corrected chi connectivity index (χ2v) is 12.4. The molecule has 0 unspecified atom stereocenters. The van der Waals surface area contributed by atoms with E-state index in [0.29, 0.717) is 17.0 Å². The lowest BCUT2D eigenvalue weighted by Gasteiger charge is -2.23. The summed E-state index contributed by atoms with van der Waals surface area (Å²) in [6.07, 6.45) is 2.67. The highest BCUT2D eigenvalue weighted by Gasteiger charge is 2.19. The van der Waals surface area contributed by atoms with E-state index >= 15 is 0 Å². The van der Waals surface area contributed by atoms with Crippen LogP contribution in [0.3, 0.4) is 0 Å². The summed E-state index contributed by atoms with van der Waals surface area (Å²) < 4.78 is 32.0. The van der Waals surface area contributed by atoms with E-state index in [2.05, 4.69) is 15.8 Å². The van der Waals surface area contributed by atoms with Crippen LogP contribution in [0.4, 0.5) is 5.69 Å². The molecule has 4 rings (SSSR count). The van der Waals surface area contributed by atoms with E-state index in [4.69, 9.17) is 4.74 Å². The third kappa shape index (κ3) is 9.02. The molecule has 0 heterocycles. The predicted octanol–water partition coefficient (Wildman–Crippen LogP) is 5.29. The van der Waals surface area contributed by atoms with Gasteiger partial charge in [0.2, 0.25) is 10.0 Å². The van der Waals surface area contributed by atoms with Gasteiger partial charge in [0.15, 0.2) is 6.61 Å². The number of nitrogens with one attached hydrogen (secondary N) is 2. The van der Waals surface area contributed by atoms with Gasteiger partial charge in [-0.15, -0.1) is 0 Å². The highest BCUT2D eigenvalue weighted by atomic mass is 32.2. The standard InChI is InChI=1S/C34H36N4O5S/c1-24-10-17-31(20-25(24)2)38(44(4,41)42)22-28-11-15-30(16-12-28)34(40)37-35-21-27-13-18-32(19-14-27)43-23-33(39)36-26(3)29-8-6-5-7-9-29/h5-21,26H,22-23H2,1-4H3,(H,36,39)(H,37,40)/b35-21-/t26-/m0/s1. The van der Waals surface area contributed by atoms with E-state index in [1.165, 1.54) is 16.8 Å². The molecule has 4 aromatic rings. The number of benzene rings is 4. The number of nitrogens with zero attached hydrogens (tertiary/aromatic N) is 2. The highest BCUT2D eigenvalue weighted by molar-refractivity contribution is 7.92. The molecule has 0 aromatic heterocycles. The van der Waals surface area contributed by atoms with Crippen molar-refractivity contribution in [2.45, 2.75) is 33.4 Å². The molecule has 0 aliphatic carbocycles. The minimum Gasteiger partial charge on any atom is -0.484 e. The third-order valence-corrected chi connectivity index (χ3v) is 8.17. The Balaban J connectivity index is 1.27. The second-order valence-electron chi connectivity index (χ2n) is 10.5. The van der Waals surface area contributed by atoms with Gasteiger partial charge in [0.25, 0.3) is 11.8 Å². The van der Waals surface area contributed by atoms with Crippen LogP contribution >= 0.6 is 0 Å². The van der Waals surface area contributed by atoms with Crippen molar-refractivity contribution < 1.29 is 22.7 Å². The van der Waals surface area contributed by atoms with E-state index in [1.54, 1.807) is 54.6 Å². The Morgan fingerprint density at radius 2 is 1.59 bits per heavy atom. The molecule has 9 nitrogen and oxygen atoms in total. The highest BCUT2D eigenvalue weighted by Crippen LogP contribution is 2.24. The average molecular weight is 613 g/mol. The first-order valence-corrected chi connectivity index (χ1v) is 15.9. The number of ether oxygens (including phenoxy) is 1. The summed E-state index contributed by atoms with van der Waals surface area (Å²) in [7, 11) is -3.53. The number of amides is 2. The zero-order valence-corrected chi connectivity index (χ0v) is 26.0. The van der Waals surface area contributed by atoms with Crippen molar-refractivity contribution in [2.75, 3.05) is 17.2 Å². The molecule has 0 saturated heterocycles. The van der Waals surface area contributed by atoms with E-state index in [1.807, 2.05) is 63.2 Å². The van der Waals surface area contributed by atoms with E-state index in [9.17, 15) is 18.0 Å². The molecule has 228 valence electrons. The monoisotopic (exact) mass is 612 g/mol. The number of sulfonamides is 1. The molecule has 44 heavy (non-hydrogen) atoms. The van der Waals surface area contributed by atoms with Gasteiger partial charge in [-0.25, -0.2) is 13.8 Å². The number of hydrogen-bond acceptors (Lipinski definition) is 6. The van der Waals surface area contributed by atoms with Gasteiger partial charge in [-0.3, -0.25) is 13.9 Å². The molecule has 0 aliphatic rings. The van der Waals surface area contributed by atoms with Crippen molar-refractivity contribution in [3.8, 4) is 5.75 Å². The van der Waals surface area contributed by atoms with Gasteiger partial charge < -0.3 is 10.1 Å². The SMILES string of the molecule is Cc1ccc(N(Cc2ccc(C(=O)N/N=C\c3ccc(OCC(=O)N[C@@H](C)c4ccccc4)cc3)cc2)S(C)(=O)=O)cc1C. The van der Waals surface area contributed by atoms with Gasteiger partial charge in [-0.1, -0.05) is 48.5 Å². The van der Waals surface area contributed by atoms with Crippen molar-refractivity contribution >= 4 is 33.7 Å². The van der Waals surface area contributed by atoms with Crippen LogP contribution in [0.5, 0.6) is 5.75 Å². The number of rotatable bonds is 12. The fraction of sp³-hybridized carbons (Fsp3) is 0.206. The summed E-state index contributed by atoms with van der Waals surface area (Å²) in [5, 5.41) is 6.93. The van der Waals surface area contributed by atoms with Crippen LogP contribution < -0.4 is 19.8 Å². The lowest BCUT2D eigenvalue weighted by molar-refractivity contribution is -0.123. The van der Waals surface area contributed by atoms with Crippen molar-refractivity contribution in [2.24, 2.45) is 5.10 Å². The van der Waals surface area contributed by atoms with Crippen molar-refractivity contribution in [3.05, 3.63) is 130 Å². The summed E-state index contributed by atoms with van der Waals surface area (Å²) in [4.78, 5) is 24.9. The van der Waals surface area contributed by atoms with Crippen LogP contribution in [0.15, 0.2) is 102 Å². The maximum absolute atomic E-state index is 12.6. The molecule has 2 N–H and O–H groups in total. The maximum atomic E-state index is 12.6. The van der Waals surface area contributed by atoms with Crippen LogP contribution in [0, 0.1) is 13.8 Å². The summed E-state index contributed by atoms with van der Waals surface area (Å²) in [6.45, 7) is 5.85. The van der Waals surface area contributed by atoms with E-state index < -0.39 is 15.9 Å². The van der Waals surface area contributed by atoms with Crippen LogP contribution in [0.1, 0.15) is 51.1 Å². The predicted molar refractivity (Wildman–Crippen MR) is 173 cm³/mol. The third-order valence-electron chi connectivity index (χ3n) is 7.03. The minimum absolute atomic E-state index is 0.114. The summed E-state index contributed by atoms with van der Waals surface area (Å²) >= 11 is 0. The topological polar surface area (TPSA) is 117 Å². The Kier molecular flexibility index (Phi) is 10.5. The normalized spacial score (nSPS) is 12.0. The fourth-order valence-electron chi connectivity index (χ4n) is 4.35. The summed E-state index contributed by atoms with van der Waals surface area (Å²) in [5.41, 5.74) is 8.02. The number of anilines is 1. The Labute approximate surface area is 258 Å². The van der Waals surface area contributed by atoms with Gasteiger partial charge >= 0.3 is 0 Å². The van der Waals surface area contributed by atoms with Crippen LogP contribution in [0.2, 0.25) is 0 Å². The van der Waals surface area contributed by atoms with Gasteiger partial charge in [-0.2, -0.15) is 5.10 Å². The first-order valence-electron chi connectivity index (χ1n) is 14.0. The minimum atomic E-state index is -3.53. The molecular formula is C34H36N4O5S. The summed E-state index contributed by atoms with van der Waals surface area (Å²) in [5.74, 6) is -0.102. The van der Waals surface area contributed by atoms with E-state index in [0.717, 1.165) is 27.8 Å². The zero-order valence-electron chi connectivity index (χ0n) is 25.2. The Bertz CT molecular complexity index is 1720. The number of carbonyl (C=O) groups excluding carboxylic acids is 2. The smallest absolute Gasteiger partial charge is 0.271 e. The first-order chi connectivity index (χ1) is 21.0. The number of carbonyl (C=O) groups is 2. The van der Waals surface area contributed by atoms with Gasteiger partial charge in [-0.05, 0) is 97.1 Å².